The van der Waals surface area contributed by atoms with Crippen molar-refractivity contribution >= 4 is 33.8 Å². The molecule has 0 radical (unpaired) electrons. The molecule has 4 aromatic rings. The van der Waals surface area contributed by atoms with E-state index in [1.807, 2.05) is 0 Å². The van der Waals surface area contributed by atoms with E-state index in [9.17, 15) is 27.9 Å². The van der Waals surface area contributed by atoms with Crippen molar-refractivity contribution in [3.05, 3.63) is 53.5 Å². The highest BCUT2D eigenvalue weighted by atomic mass is 19.4. The number of aliphatic hydroxyl groups excluding tert-OH is 1. The molecule has 0 aliphatic heterocycles. The highest BCUT2D eigenvalue weighted by molar-refractivity contribution is 6.09. The first-order valence-corrected chi connectivity index (χ1v) is 9.30. The third-order valence-corrected chi connectivity index (χ3v) is 4.92. The summed E-state index contributed by atoms with van der Waals surface area (Å²) in [7, 11) is 0. The third kappa shape index (κ3) is 3.66. The van der Waals surface area contributed by atoms with Crippen LogP contribution in [-0.4, -0.2) is 34.6 Å². The van der Waals surface area contributed by atoms with Crippen LogP contribution in [0.25, 0.3) is 33.3 Å². The number of carbonyl (C=O) groups excluding carboxylic acids is 2. The Kier molecular flexibility index (Phi) is 5.13. The molecule has 4 N–H and O–H groups in total. The first-order chi connectivity index (χ1) is 15.1. The number of pyridine rings is 1. The van der Waals surface area contributed by atoms with E-state index >= 15 is 0 Å². The van der Waals surface area contributed by atoms with Crippen molar-refractivity contribution in [1.82, 2.24) is 10.3 Å². The zero-order chi connectivity index (χ0) is 23.2. The smallest absolute Gasteiger partial charge is 0.434 e. The van der Waals surface area contributed by atoms with E-state index in [0.717, 1.165) is 6.20 Å². The molecule has 1 aromatic carbocycles. The highest BCUT2D eigenvalue weighted by Gasteiger charge is 2.35. The number of alkyl halides is 3. The van der Waals surface area contributed by atoms with Crippen LogP contribution in [0.5, 0.6) is 0 Å². The lowest BCUT2D eigenvalue weighted by molar-refractivity contribution is -0.139. The second kappa shape index (κ2) is 7.68. The number of nitrogens with zero attached hydrogens (tertiary/aromatic N) is 1. The number of aliphatic hydroxyl groups is 1. The molecule has 1 atom stereocenters. The molecule has 0 aliphatic carbocycles. The van der Waals surface area contributed by atoms with Gasteiger partial charge in [0.2, 0.25) is 5.91 Å². The van der Waals surface area contributed by atoms with Gasteiger partial charge in [0.15, 0.2) is 5.69 Å². The predicted molar refractivity (Wildman–Crippen MR) is 106 cm³/mol. The number of fused-ring (bicyclic) bond motifs is 2. The van der Waals surface area contributed by atoms with Crippen LogP contribution in [0.15, 0.2) is 45.4 Å². The number of hydrogen-bond donors (Lipinski definition) is 3. The summed E-state index contributed by atoms with van der Waals surface area (Å²) < 4.78 is 51.0. The number of halogens is 3. The Balaban J connectivity index is 1.80. The summed E-state index contributed by atoms with van der Waals surface area (Å²) in [5.41, 5.74) is 4.92. The maximum atomic E-state index is 13.3. The van der Waals surface area contributed by atoms with Crippen molar-refractivity contribution in [3.8, 4) is 11.3 Å². The van der Waals surface area contributed by atoms with E-state index in [2.05, 4.69) is 10.3 Å². The number of carbonyl (C=O) groups is 2. The summed E-state index contributed by atoms with van der Waals surface area (Å²) in [5.74, 6) is -1.24. The van der Waals surface area contributed by atoms with E-state index in [-0.39, 0.29) is 28.1 Å². The Hall–Kier alpha value is -3.86. The molecule has 166 valence electrons. The molecule has 11 heteroatoms. The first-order valence-electron chi connectivity index (χ1n) is 9.30. The SMILES string of the molecule is Cc1oc2ccc(-c3cc4c(C(F)(F)F)nccc4o3)cc2c1C(=O)N[C@@H](CO)C(N)=O. The van der Waals surface area contributed by atoms with Crippen LogP contribution in [-0.2, 0) is 11.0 Å². The molecule has 0 aliphatic rings. The van der Waals surface area contributed by atoms with Crippen LogP contribution in [0.2, 0.25) is 0 Å². The molecule has 0 fully saturated rings. The second-order valence-electron chi connectivity index (χ2n) is 7.03. The fraction of sp³-hybridized carbons (Fsp3) is 0.190. The summed E-state index contributed by atoms with van der Waals surface area (Å²) in [4.78, 5) is 27.5. The molecule has 2 amide bonds. The predicted octanol–water partition coefficient (Wildman–Crippen LogP) is 3.14. The van der Waals surface area contributed by atoms with Crippen LogP contribution in [0.1, 0.15) is 21.8 Å². The van der Waals surface area contributed by atoms with Gasteiger partial charge in [0.1, 0.15) is 28.7 Å². The number of amides is 2. The molecule has 3 aromatic heterocycles. The Morgan fingerprint density at radius 2 is 1.88 bits per heavy atom. The molecule has 8 nitrogen and oxygen atoms in total. The van der Waals surface area contributed by atoms with Gasteiger partial charge in [-0.25, -0.2) is 0 Å². The molecule has 0 bridgehead atoms. The van der Waals surface area contributed by atoms with E-state index in [4.69, 9.17) is 14.6 Å². The fourth-order valence-corrected chi connectivity index (χ4v) is 3.42. The number of primary amides is 1. The second-order valence-corrected chi connectivity index (χ2v) is 7.03. The Labute approximate surface area is 177 Å². The molecular formula is C21H16F3N3O5. The summed E-state index contributed by atoms with van der Waals surface area (Å²) in [6.45, 7) is 0.852. The average Bonchev–Trinajstić information content (AvgIpc) is 3.30. The minimum Gasteiger partial charge on any atom is -0.461 e. The highest BCUT2D eigenvalue weighted by Crippen LogP contribution is 2.38. The number of rotatable bonds is 5. The van der Waals surface area contributed by atoms with Crippen LogP contribution >= 0.6 is 0 Å². The summed E-state index contributed by atoms with van der Waals surface area (Å²) in [6.07, 6.45) is -3.64. The van der Waals surface area contributed by atoms with Crippen LogP contribution in [0, 0.1) is 6.92 Å². The lowest BCUT2D eigenvalue weighted by Gasteiger charge is -2.12. The average molecular weight is 447 g/mol. The fourth-order valence-electron chi connectivity index (χ4n) is 3.42. The van der Waals surface area contributed by atoms with Crippen molar-refractivity contribution in [2.45, 2.75) is 19.1 Å². The van der Waals surface area contributed by atoms with Gasteiger partial charge in [0.05, 0.1) is 17.6 Å². The minimum absolute atomic E-state index is 0.0102. The number of furan rings is 2. The van der Waals surface area contributed by atoms with Gasteiger partial charge in [-0.1, -0.05) is 0 Å². The van der Waals surface area contributed by atoms with Crippen LogP contribution in [0.3, 0.4) is 0 Å². The number of nitrogens with two attached hydrogens (primary N) is 1. The van der Waals surface area contributed by atoms with Gasteiger partial charge >= 0.3 is 6.18 Å². The first kappa shape index (κ1) is 21.4. The zero-order valence-electron chi connectivity index (χ0n) is 16.5. The van der Waals surface area contributed by atoms with Crippen LogP contribution < -0.4 is 11.1 Å². The van der Waals surface area contributed by atoms with E-state index in [1.54, 1.807) is 12.1 Å². The molecule has 0 saturated carbocycles. The summed E-state index contributed by atoms with van der Waals surface area (Å²) in [5, 5.41) is 11.7. The number of aryl methyl sites for hydroxylation is 1. The van der Waals surface area contributed by atoms with Crippen molar-refractivity contribution in [2.75, 3.05) is 6.61 Å². The third-order valence-electron chi connectivity index (χ3n) is 4.92. The van der Waals surface area contributed by atoms with E-state index < -0.39 is 36.3 Å². The van der Waals surface area contributed by atoms with Gasteiger partial charge in [-0.05, 0) is 37.3 Å². The number of aromatic nitrogens is 1. The van der Waals surface area contributed by atoms with Gasteiger partial charge in [-0.2, -0.15) is 13.2 Å². The quantitative estimate of drug-likeness (QED) is 0.431. The van der Waals surface area contributed by atoms with Gasteiger partial charge in [0, 0.05) is 17.1 Å². The normalized spacial score (nSPS) is 12.9. The standard InChI is InChI=1S/C21H16F3N3O5/c1-9-17(20(30)27-13(8-28)19(25)29)11-6-10(2-3-14(11)31-9)16-7-12-15(32-16)4-5-26-18(12)21(22,23)24/h2-7,13,28H,8H2,1H3,(H2,25,29)(H,27,30)/t13-/m0/s1. The molecular weight excluding hydrogens is 431 g/mol. The topological polar surface area (TPSA) is 132 Å². The van der Waals surface area contributed by atoms with Crippen molar-refractivity contribution in [2.24, 2.45) is 5.73 Å². The van der Waals surface area contributed by atoms with Crippen molar-refractivity contribution < 1.29 is 36.7 Å². The molecule has 0 saturated heterocycles. The maximum Gasteiger partial charge on any atom is 0.434 e. The van der Waals surface area contributed by atoms with Crippen LogP contribution in [0.4, 0.5) is 13.2 Å². The largest absolute Gasteiger partial charge is 0.461 e. The molecule has 4 rings (SSSR count). The maximum absolute atomic E-state index is 13.3. The Morgan fingerprint density at radius 1 is 1.16 bits per heavy atom. The lowest BCUT2D eigenvalue weighted by Crippen LogP contribution is -2.46. The van der Waals surface area contributed by atoms with Gasteiger partial charge in [-0.15, -0.1) is 0 Å². The van der Waals surface area contributed by atoms with Crippen molar-refractivity contribution in [3.63, 3.8) is 0 Å². The summed E-state index contributed by atoms with van der Waals surface area (Å²) >= 11 is 0. The molecule has 0 spiro atoms. The van der Waals surface area contributed by atoms with Crippen molar-refractivity contribution in [1.29, 1.82) is 0 Å². The van der Waals surface area contributed by atoms with Gasteiger partial charge < -0.3 is 25.0 Å². The van der Waals surface area contributed by atoms with E-state index in [1.165, 1.54) is 25.1 Å². The minimum atomic E-state index is -4.65. The Bertz CT molecular complexity index is 1360. The number of nitrogens with one attached hydrogen (secondary N) is 1. The molecule has 0 unspecified atom stereocenters. The zero-order valence-corrected chi connectivity index (χ0v) is 16.5. The Morgan fingerprint density at radius 3 is 2.53 bits per heavy atom. The molecule has 32 heavy (non-hydrogen) atoms. The lowest BCUT2D eigenvalue weighted by atomic mass is 10.0. The summed E-state index contributed by atoms with van der Waals surface area (Å²) in [6, 6.07) is 5.91. The van der Waals surface area contributed by atoms with E-state index in [0.29, 0.717) is 16.5 Å². The van der Waals surface area contributed by atoms with Gasteiger partial charge in [0.25, 0.3) is 5.91 Å². The number of benzene rings is 1. The monoisotopic (exact) mass is 447 g/mol. The molecule has 3 heterocycles. The van der Waals surface area contributed by atoms with Gasteiger partial charge in [-0.3, -0.25) is 14.6 Å². The number of hydrogen-bond acceptors (Lipinski definition) is 6.